The second kappa shape index (κ2) is 6.29. The molecule has 3 N–H and O–H groups in total. The van der Waals surface area contributed by atoms with E-state index in [9.17, 15) is 4.79 Å². The third-order valence-corrected chi connectivity index (χ3v) is 2.63. The van der Waals surface area contributed by atoms with Crippen LogP contribution in [0.25, 0.3) is 0 Å². The van der Waals surface area contributed by atoms with Crippen LogP contribution < -0.4 is 20.5 Å². The normalized spacial score (nSPS) is 13.7. The van der Waals surface area contributed by atoms with E-state index in [4.69, 9.17) is 19.9 Å². The number of carbonyl (C=O) groups is 1. The fraction of sp³-hybridized carbons (Fsp3) is 0.462. The quantitative estimate of drug-likeness (QED) is 0.805. The van der Waals surface area contributed by atoms with Gasteiger partial charge in [-0.3, -0.25) is 4.79 Å². The summed E-state index contributed by atoms with van der Waals surface area (Å²) in [5, 5.41) is 2.69. The molecule has 1 aliphatic heterocycles. The molecule has 1 aliphatic rings. The first-order valence-electron chi connectivity index (χ1n) is 6.27. The number of nitrogen functional groups attached to an aromatic ring is 1. The first kappa shape index (κ1) is 13.5. The minimum Gasteiger partial charge on any atom is -0.489 e. The molecule has 0 saturated heterocycles. The van der Waals surface area contributed by atoms with Gasteiger partial charge in [-0.15, -0.1) is 0 Å². The van der Waals surface area contributed by atoms with E-state index in [1.165, 1.54) is 0 Å². The van der Waals surface area contributed by atoms with Crippen molar-refractivity contribution < 1.29 is 19.0 Å². The Labute approximate surface area is 111 Å². The van der Waals surface area contributed by atoms with Gasteiger partial charge in [-0.2, -0.15) is 0 Å². The van der Waals surface area contributed by atoms with E-state index in [1.54, 1.807) is 12.1 Å². The molecule has 6 heteroatoms. The molecule has 1 aromatic carbocycles. The van der Waals surface area contributed by atoms with Gasteiger partial charge in [0, 0.05) is 25.2 Å². The van der Waals surface area contributed by atoms with Crippen molar-refractivity contribution in [3.8, 4) is 11.5 Å². The van der Waals surface area contributed by atoms with E-state index in [1.807, 2.05) is 6.92 Å². The maximum Gasteiger partial charge on any atom is 0.250 e. The molecular weight excluding hydrogens is 248 g/mol. The smallest absolute Gasteiger partial charge is 0.250 e. The number of carbonyl (C=O) groups excluding carboxylic acids is 1. The van der Waals surface area contributed by atoms with Crippen LogP contribution in [0.3, 0.4) is 0 Å². The summed E-state index contributed by atoms with van der Waals surface area (Å²) < 4.78 is 16.1. The summed E-state index contributed by atoms with van der Waals surface area (Å²) in [5.74, 6) is 0.958. The Hall–Kier alpha value is -1.95. The van der Waals surface area contributed by atoms with Crippen molar-refractivity contribution in [2.45, 2.75) is 13.3 Å². The number of amides is 1. The minimum atomic E-state index is -0.247. The van der Waals surface area contributed by atoms with Gasteiger partial charge in [0.25, 0.3) is 0 Å². The molecule has 0 aliphatic carbocycles. The molecule has 2 rings (SSSR count). The highest BCUT2D eigenvalue weighted by molar-refractivity contribution is 5.95. The average molecular weight is 266 g/mol. The minimum absolute atomic E-state index is 0.00435. The number of nitrogens with one attached hydrogen (secondary N) is 1. The third kappa shape index (κ3) is 3.51. The molecule has 1 amide bonds. The molecule has 0 atom stereocenters. The van der Waals surface area contributed by atoms with Crippen LogP contribution in [0.4, 0.5) is 11.4 Å². The first-order chi connectivity index (χ1) is 9.20. The van der Waals surface area contributed by atoms with Crippen molar-refractivity contribution in [1.82, 2.24) is 0 Å². The van der Waals surface area contributed by atoms with E-state index in [-0.39, 0.29) is 12.5 Å². The van der Waals surface area contributed by atoms with Gasteiger partial charge in [0.1, 0.15) is 6.61 Å². The fourth-order valence-corrected chi connectivity index (χ4v) is 1.71. The predicted octanol–water partition coefficient (Wildman–Crippen LogP) is 1.41. The van der Waals surface area contributed by atoms with Gasteiger partial charge in [0.15, 0.2) is 11.5 Å². The number of ether oxygens (including phenoxy) is 3. The highest BCUT2D eigenvalue weighted by Gasteiger charge is 2.15. The Morgan fingerprint density at radius 2 is 2.05 bits per heavy atom. The monoisotopic (exact) mass is 266 g/mol. The lowest BCUT2D eigenvalue weighted by Crippen LogP contribution is -2.19. The van der Waals surface area contributed by atoms with Gasteiger partial charge in [-0.05, 0) is 6.92 Å². The average Bonchev–Trinajstić information content (AvgIpc) is 2.62. The van der Waals surface area contributed by atoms with Crippen molar-refractivity contribution in [2.24, 2.45) is 0 Å². The molecule has 0 bridgehead atoms. The Kier molecular flexibility index (Phi) is 4.46. The summed E-state index contributed by atoms with van der Waals surface area (Å²) in [6.07, 6.45) is 0.820. The van der Waals surface area contributed by atoms with Crippen LogP contribution in [0.2, 0.25) is 0 Å². The lowest BCUT2D eigenvalue weighted by molar-refractivity contribution is -0.120. The Bertz CT molecular complexity index is 462. The second-order valence-corrected chi connectivity index (χ2v) is 4.12. The Balaban J connectivity index is 2.12. The van der Waals surface area contributed by atoms with Crippen LogP contribution in [0.5, 0.6) is 11.5 Å². The zero-order valence-corrected chi connectivity index (χ0v) is 10.9. The maximum atomic E-state index is 11.6. The van der Waals surface area contributed by atoms with Gasteiger partial charge in [0.05, 0.1) is 24.6 Å². The largest absolute Gasteiger partial charge is 0.489 e. The lowest BCUT2D eigenvalue weighted by atomic mass is 10.2. The molecule has 0 fully saturated rings. The SMILES string of the molecule is CCOCC(=O)Nc1cc2c(cc1N)OCCCO2. The molecular formula is C13H18N2O4. The molecule has 1 aromatic rings. The first-order valence-corrected chi connectivity index (χ1v) is 6.27. The predicted molar refractivity (Wildman–Crippen MR) is 71.6 cm³/mol. The zero-order valence-electron chi connectivity index (χ0n) is 10.9. The summed E-state index contributed by atoms with van der Waals surface area (Å²) in [4.78, 5) is 11.6. The van der Waals surface area contributed by atoms with E-state index >= 15 is 0 Å². The Morgan fingerprint density at radius 3 is 2.74 bits per heavy atom. The molecule has 0 aromatic heterocycles. The van der Waals surface area contributed by atoms with Crippen molar-refractivity contribution in [3.63, 3.8) is 0 Å². The molecule has 19 heavy (non-hydrogen) atoms. The van der Waals surface area contributed by atoms with Crippen LogP contribution in [-0.2, 0) is 9.53 Å². The van der Waals surface area contributed by atoms with Crippen molar-refractivity contribution in [3.05, 3.63) is 12.1 Å². The van der Waals surface area contributed by atoms with E-state index in [0.717, 1.165) is 6.42 Å². The molecule has 6 nitrogen and oxygen atoms in total. The van der Waals surface area contributed by atoms with Crippen molar-refractivity contribution in [2.75, 3.05) is 37.5 Å². The number of fused-ring (bicyclic) bond motifs is 1. The summed E-state index contributed by atoms with van der Waals surface area (Å²) in [5.41, 5.74) is 6.83. The number of hydrogen-bond donors (Lipinski definition) is 2. The van der Waals surface area contributed by atoms with Crippen molar-refractivity contribution in [1.29, 1.82) is 0 Å². The molecule has 0 spiro atoms. The van der Waals surface area contributed by atoms with E-state index < -0.39 is 0 Å². The molecule has 104 valence electrons. The summed E-state index contributed by atoms with van der Waals surface area (Å²) in [6, 6.07) is 3.34. The number of rotatable bonds is 4. The summed E-state index contributed by atoms with van der Waals surface area (Å²) >= 11 is 0. The van der Waals surface area contributed by atoms with Gasteiger partial charge < -0.3 is 25.3 Å². The number of benzene rings is 1. The maximum absolute atomic E-state index is 11.6. The van der Waals surface area contributed by atoms with Gasteiger partial charge in [-0.25, -0.2) is 0 Å². The van der Waals surface area contributed by atoms with Crippen LogP contribution in [0, 0.1) is 0 Å². The van der Waals surface area contributed by atoms with Crippen LogP contribution in [-0.4, -0.2) is 32.3 Å². The lowest BCUT2D eigenvalue weighted by Gasteiger charge is -2.13. The zero-order chi connectivity index (χ0) is 13.7. The van der Waals surface area contributed by atoms with Gasteiger partial charge in [0.2, 0.25) is 5.91 Å². The third-order valence-electron chi connectivity index (χ3n) is 2.63. The fourth-order valence-electron chi connectivity index (χ4n) is 1.71. The van der Waals surface area contributed by atoms with Crippen molar-refractivity contribution >= 4 is 17.3 Å². The van der Waals surface area contributed by atoms with Crippen LogP contribution in [0.1, 0.15) is 13.3 Å². The van der Waals surface area contributed by atoms with Crippen LogP contribution >= 0.6 is 0 Å². The van der Waals surface area contributed by atoms with Gasteiger partial charge in [-0.1, -0.05) is 0 Å². The highest BCUT2D eigenvalue weighted by Crippen LogP contribution is 2.36. The van der Waals surface area contributed by atoms with E-state index in [2.05, 4.69) is 5.32 Å². The van der Waals surface area contributed by atoms with E-state index in [0.29, 0.717) is 42.7 Å². The number of hydrogen-bond acceptors (Lipinski definition) is 5. The second-order valence-electron chi connectivity index (χ2n) is 4.12. The summed E-state index contributed by atoms with van der Waals surface area (Å²) in [6.45, 7) is 3.51. The molecule has 0 unspecified atom stereocenters. The number of anilines is 2. The van der Waals surface area contributed by atoms with Crippen LogP contribution in [0.15, 0.2) is 12.1 Å². The molecule has 0 saturated carbocycles. The highest BCUT2D eigenvalue weighted by atomic mass is 16.5. The Morgan fingerprint density at radius 1 is 1.37 bits per heavy atom. The topological polar surface area (TPSA) is 82.8 Å². The van der Waals surface area contributed by atoms with Gasteiger partial charge >= 0.3 is 0 Å². The number of nitrogens with two attached hydrogens (primary N) is 1. The molecule has 1 heterocycles. The molecule has 0 radical (unpaired) electrons. The standard InChI is InChI=1S/C13H18N2O4/c1-2-17-8-13(16)15-10-7-12-11(6-9(10)14)18-4-3-5-19-12/h6-7H,2-5,8,14H2,1H3,(H,15,16). The summed E-state index contributed by atoms with van der Waals surface area (Å²) in [7, 11) is 0.